The van der Waals surface area contributed by atoms with Gasteiger partial charge in [-0.1, -0.05) is 30.3 Å². The van der Waals surface area contributed by atoms with Gasteiger partial charge < -0.3 is 5.73 Å². The third-order valence-corrected chi connectivity index (χ3v) is 4.53. The van der Waals surface area contributed by atoms with Gasteiger partial charge in [-0.3, -0.25) is 4.90 Å². The Morgan fingerprint density at radius 1 is 1.19 bits per heavy atom. The molecule has 0 bridgehead atoms. The number of hydrogen-bond donors (Lipinski definition) is 1. The van der Waals surface area contributed by atoms with Gasteiger partial charge in [0.1, 0.15) is 0 Å². The first kappa shape index (κ1) is 16.4. The van der Waals surface area contributed by atoms with Crippen molar-refractivity contribution in [3.05, 3.63) is 52.0 Å². The second-order valence-corrected chi connectivity index (χ2v) is 6.36. The van der Waals surface area contributed by atoms with Gasteiger partial charge in [0.25, 0.3) is 0 Å². The first-order valence-electron chi connectivity index (χ1n) is 7.25. The van der Waals surface area contributed by atoms with Crippen molar-refractivity contribution in [1.29, 1.82) is 0 Å². The van der Waals surface area contributed by atoms with Crippen molar-refractivity contribution in [2.45, 2.75) is 31.8 Å². The molecular weight excluding hydrogens is 302 g/mol. The second-order valence-electron chi connectivity index (χ2n) is 5.42. The van der Waals surface area contributed by atoms with Crippen LogP contribution in [0.15, 0.2) is 35.8 Å². The van der Waals surface area contributed by atoms with Gasteiger partial charge in [-0.25, -0.2) is 4.98 Å². The van der Waals surface area contributed by atoms with Crippen molar-refractivity contribution in [1.82, 2.24) is 9.88 Å². The molecular formula is C16H22ClN3S. The highest BCUT2D eigenvalue weighted by Gasteiger charge is 2.28. The summed E-state index contributed by atoms with van der Waals surface area (Å²) in [7, 11) is 0. The van der Waals surface area contributed by atoms with E-state index in [4.69, 9.17) is 5.73 Å². The summed E-state index contributed by atoms with van der Waals surface area (Å²) < 4.78 is 0. The van der Waals surface area contributed by atoms with E-state index in [2.05, 4.69) is 40.2 Å². The molecule has 1 aromatic carbocycles. The molecule has 0 saturated heterocycles. The maximum Gasteiger partial charge on any atom is 0.0798 e. The molecule has 21 heavy (non-hydrogen) atoms. The molecule has 0 radical (unpaired) electrons. The number of benzene rings is 1. The number of nitrogens with two attached hydrogens (primary N) is 1. The number of nitrogens with zero attached hydrogens (tertiary/aromatic N) is 2. The molecule has 0 spiro atoms. The number of thiazole rings is 1. The van der Waals surface area contributed by atoms with E-state index in [1.54, 1.807) is 11.3 Å². The summed E-state index contributed by atoms with van der Waals surface area (Å²) in [5.74, 6) is 0.729. The number of rotatable bonds is 7. The van der Waals surface area contributed by atoms with Crippen molar-refractivity contribution in [3.8, 4) is 0 Å². The zero-order valence-corrected chi connectivity index (χ0v) is 13.7. The van der Waals surface area contributed by atoms with Crippen molar-refractivity contribution in [3.63, 3.8) is 0 Å². The number of halogens is 1. The minimum atomic E-state index is 0. The van der Waals surface area contributed by atoms with Crippen LogP contribution in [0.3, 0.4) is 0 Å². The Hall–Kier alpha value is -0.940. The van der Waals surface area contributed by atoms with Crippen LogP contribution in [0.4, 0.5) is 0 Å². The average molecular weight is 324 g/mol. The molecule has 1 heterocycles. The third-order valence-electron chi connectivity index (χ3n) is 3.70. The van der Waals surface area contributed by atoms with Gasteiger partial charge in [-0.05, 0) is 18.4 Å². The molecule has 1 aromatic heterocycles. The smallest absolute Gasteiger partial charge is 0.0798 e. The van der Waals surface area contributed by atoms with Crippen molar-refractivity contribution in [2.24, 2.45) is 5.73 Å². The Kier molecular flexibility index (Phi) is 6.18. The highest BCUT2D eigenvalue weighted by molar-refractivity contribution is 7.09. The van der Waals surface area contributed by atoms with Crippen LogP contribution in [0.2, 0.25) is 0 Å². The van der Waals surface area contributed by atoms with Crippen molar-refractivity contribution >= 4 is 23.7 Å². The molecule has 1 aliphatic rings. The van der Waals surface area contributed by atoms with Gasteiger partial charge in [0.15, 0.2) is 0 Å². The minimum Gasteiger partial charge on any atom is -0.329 e. The van der Waals surface area contributed by atoms with Crippen LogP contribution in [0, 0.1) is 0 Å². The summed E-state index contributed by atoms with van der Waals surface area (Å²) in [4.78, 5) is 8.41. The highest BCUT2D eigenvalue weighted by atomic mass is 35.5. The van der Waals surface area contributed by atoms with E-state index < -0.39 is 0 Å². The summed E-state index contributed by atoms with van der Waals surface area (Å²) in [5.41, 5.74) is 10.4. The van der Waals surface area contributed by atoms with E-state index >= 15 is 0 Å². The number of hydrogen-bond acceptors (Lipinski definition) is 4. The van der Waals surface area contributed by atoms with Crippen LogP contribution >= 0.6 is 23.7 Å². The lowest BCUT2D eigenvalue weighted by atomic mass is 10.2. The van der Waals surface area contributed by atoms with Crippen molar-refractivity contribution in [2.75, 3.05) is 13.1 Å². The molecule has 0 amide bonds. The minimum absolute atomic E-state index is 0. The summed E-state index contributed by atoms with van der Waals surface area (Å²) in [6.07, 6.45) is 2.62. The lowest BCUT2D eigenvalue weighted by Crippen LogP contribution is -2.28. The molecule has 1 fully saturated rings. The van der Waals surface area contributed by atoms with Gasteiger partial charge in [0.05, 0.1) is 11.2 Å². The molecule has 3 nitrogen and oxygen atoms in total. The Balaban J connectivity index is 0.00000161. The second kappa shape index (κ2) is 7.90. The maximum atomic E-state index is 5.77. The van der Waals surface area contributed by atoms with Gasteiger partial charge in [0.2, 0.25) is 0 Å². The Bertz CT molecular complexity index is 539. The topological polar surface area (TPSA) is 42.1 Å². The van der Waals surface area contributed by atoms with Gasteiger partial charge >= 0.3 is 0 Å². The normalized spacial score (nSPS) is 14.2. The zero-order chi connectivity index (χ0) is 13.8. The summed E-state index contributed by atoms with van der Waals surface area (Å²) in [5, 5.41) is 0. The van der Waals surface area contributed by atoms with Crippen LogP contribution in [-0.4, -0.2) is 23.0 Å². The van der Waals surface area contributed by atoms with Gasteiger partial charge in [-0.2, -0.15) is 0 Å². The third kappa shape index (κ3) is 4.51. The van der Waals surface area contributed by atoms with E-state index in [1.807, 2.05) is 5.51 Å². The quantitative estimate of drug-likeness (QED) is 0.849. The SMILES string of the molecule is Cl.NCCN(Cc1ccccc1)Cc1scnc1C1CC1. The van der Waals surface area contributed by atoms with Crippen LogP contribution in [0.5, 0.6) is 0 Å². The van der Waals surface area contributed by atoms with Gasteiger partial charge in [-0.15, -0.1) is 23.7 Å². The fourth-order valence-corrected chi connectivity index (χ4v) is 3.42. The fraction of sp³-hybridized carbons (Fsp3) is 0.438. The molecule has 3 rings (SSSR count). The summed E-state index contributed by atoms with van der Waals surface area (Å²) in [6, 6.07) is 10.6. The van der Waals surface area contributed by atoms with E-state index in [-0.39, 0.29) is 12.4 Å². The predicted molar refractivity (Wildman–Crippen MR) is 90.9 cm³/mol. The molecule has 0 unspecified atom stereocenters. The van der Waals surface area contributed by atoms with Crippen LogP contribution in [0.25, 0.3) is 0 Å². The highest BCUT2D eigenvalue weighted by Crippen LogP contribution is 2.42. The Morgan fingerprint density at radius 2 is 1.95 bits per heavy atom. The van der Waals surface area contributed by atoms with Gasteiger partial charge in [0, 0.05) is 37.0 Å². The number of aromatic nitrogens is 1. The predicted octanol–water partition coefficient (Wildman–Crippen LogP) is 3.40. The lowest BCUT2D eigenvalue weighted by Gasteiger charge is -2.21. The molecule has 0 atom stereocenters. The summed E-state index contributed by atoms with van der Waals surface area (Å²) in [6.45, 7) is 3.56. The molecule has 5 heteroatoms. The zero-order valence-electron chi connectivity index (χ0n) is 12.1. The van der Waals surface area contributed by atoms with Crippen LogP contribution in [-0.2, 0) is 13.1 Å². The first-order valence-corrected chi connectivity index (χ1v) is 8.13. The largest absolute Gasteiger partial charge is 0.329 e. The standard InChI is InChI=1S/C16H21N3S.ClH/c17-8-9-19(10-13-4-2-1-3-5-13)11-15-16(14-6-7-14)18-12-20-15;/h1-5,12,14H,6-11,17H2;1H. The van der Waals surface area contributed by atoms with E-state index in [0.717, 1.165) is 25.6 Å². The summed E-state index contributed by atoms with van der Waals surface area (Å²) >= 11 is 1.79. The van der Waals surface area contributed by atoms with E-state index in [0.29, 0.717) is 6.54 Å². The molecule has 1 aliphatic carbocycles. The monoisotopic (exact) mass is 323 g/mol. The Labute approximate surface area is 136 Å². The lowest BCUT2D eigenvalue weighted by molar-refractivity contribution is 0.266. The van der Waals surface area contributed by atoms with E-state index in [1.165, 1.54) is 29.0 Å². The average Bonchev–Trinajstić information content (AvgIpc) is 3.21. The molecule has 1 saturated carbocycles. The Morgan fingerprint density at radius 3 is 2.62 bits per heavy atom. The molecule has 0 aliphatic heterocycles. The van der Waals surface area contributed by atoms with Crippen molar-refractivity contribution < 1.29 is 0 Å². The van der Waals surface area contributed by atoms with Crippen LogP contribution in [0.1, 0.15) is 34.9 Å². The molecule has 2 aromatic rings. The first-order chi connectivity index (χ1) is 9.86. The maximum absolute atomic E-state index is 5.77. The molecule has 2 N–H and O–H groups in total. The van der Waals surface area contributed by atoms with E-state index in [9.17, 15) is 0 Å². The fourth-order valence-electron chi connectivity index (χ4n) is 2.53. The van der Waals surface area contributed by atoms with Crippen LogP contribution < -0.4 is 5.73 Å². The molecule has 114 valence electrons.